The summed E-state index contributed by atoms with van der Waals surface area (Å²) in [5, 5.41) is 8.97. The number of hydrogen-bond donors (Lipinski definition) is 1. The van der Waals surface area contributed by atoms with Crippen molar-refractivity contribution in [2.45, 2.75) is 19.3 Å². The van der Waals surface area contributed by atoms with Crippen LogP contribution in [0.15, 0.2) is 18.2 Å². The van der Waals surface area contributed by atoms with Crippen LogP contribution in [0.25, 0.3) is 0 Å². The predicted octanol–water partition coefficient (Wildman–Crippen LogP) is 1.57. The number of aliphatic carboxylic acids is 1. The topological polar surface area (TPSA) is 76.1 Å². The third kappa shape index (κ3) is 3.90. The number of likely N-dealkylation sites (tertiary alicyclic amines) is 1. The molecule has 1 amide bonds. The van der Waals surface area contributed by atoms with Gasteiger partial charge in [-0.25, -0.2) is 0 Å². The summed E-state index contributed by atoms with van der Waals surface area (Å²) in [6.45, 7) is 0.840. The average Bonchev–Trinajstić information content (AvgIpc) is 3.02. The van der Waals surface area contributed by atoms with Gasteiger partial charge in [0.2, 0.25) is 5.91 Å². The Hall–Kier alpha value is -2.24. The van der Waals surface area contributed by atoms with E-state index in [1.165, 1.54) is 0 Å². The van der Waals surface area contributed by atoms with Gasteiger partial charge in [0.1, 0.15) is 11.5 Å². The Balaban J connectivity index is 1.93. The lowest BCUT2D eigenvalue weighted by atomic mass is 10.1. The predicted molar refractivity (Wildman–Crippen MR) is 80.2 cm³/mol. The number of benzene rings is 1. The zero-order chi connectivity index (χ0) is 16.1. The van der Waals surface area contributed by atoms with E-state index in [2.05, 4.69) is 0 Å². The molecule has 1 aromatic rings. The van der Waals surface area contributed by atoms with Crippen LogP contribution in [0, 0.1) is 5.92 Å². The number of ether oxygens (including phenoxy) is 2. The highest BCUT2D eigenvalue weighted by Gasteiger charge is 2.30. The van der Waals surface area contributed by atoms with Gasteiger partial charge >= 0.3 is 5.97 Å². The van der Waals surface area contributed by atoms with Gasteiger partial charge in [0, 0.05) is 25.6 Å². The molecular formula is C16H21NO5. The maximum atomic E-state index is 12.2. The maximum absolute atomic E-state index is 12.2. The number of aryl methyl sites for hydroxylation is 1. The zero-order valence-corrected chi connectivity index (χ0v) is 12.9. The quantitative estimate of drug-likeness (QED) is 0.863. The lowest BCUT2D eigenvalue weighted by Crippen LogP contribution is -2.30. The molecule has 1 aliphatic rings. The molecular weight excluding hydrogens is 286 g/mol. The van der Waals surface area contributed by atoms with E-state index in [1.807, 2.05) is 12.1 Å². The van der Waals surface area contributed by atoms with Gasteiger partial charge in [0.15, 0.2) is 0 Å². The molecule has 0 radical (unpaired) electrons. The number of carboxylic acid groups (broad SMARTS) is 1. The second-order valence-electron chi connectivity index (χ2n) is 5.38. The maximum Gasteiger partial charge on any atom is 0.308 e. The van der Waals surface area contributed by atoms with Crippen molar-refractivity contribution in [1.82, 2.24) is 4.90 Å². The van der Waals surface area contributed by atoms with Crippen molar-refractivity contribution < 1.29 is 24.2 Å². The zero-order valence-electron chi connectivity index (χ0n) is 12.9. The number of methoxy groups -OCH3 is 2. The van der Waals surface area contributed by atoms with Crippen LogP contribution >= 0.6 is 0 Å². The molecule has 0 bridgehead atoms. The van der Waals surface area contributed by atoms with E-state index in [4.69, 9.17) is 14.6 Å². The first kappa shape index (κ1) is 16.1. The minimum Gasteiger partial charge on any atom is -0.497 e. The summed E-state index contributed by atoms with van der Waals surface area (Å²) in [6, 6.07) is 5.53. The molecule has 120 valence electrons. The van der Waals surface area contributed by atoms with Crippen molar-refractivity contribution in [2.24, 2.45) is 5.92 Å². The third-order valence-corrected chi connectivity index (χ3v) is 3.93. The highest BCUT2D eigenvalue weighted by atomic mass is 16.5. The van der Waals surface area contributed by atoms with Crippen LogP contribution in [0.2, 0.25) is 0 Å². The summed E-state index contributed by atoms with van der Waals surface area (Å²) in [5.74, 6) is 0.113. The van der Waals surface area contributed by atoms with Gasteiger partial charge in [-0.15, -0.1) is 0 Å². The van der Waals surface area contributed by atoms with Crippen LogP contribution in [0.1, 0.15) is 18.4 Å². The van der Waals surface area contributed by atoms with Gasteiger partial charge in [-0.3, -0.25) is 9.59 Å². The number of nitrogens with zero attached hydrogens (tertiary/aromatic N) is 1. The highest BCUT2D eigenvalue weighted by molar-refractivity contribution is 5.79. The van der Waals surface area contributed by atoms with Gasteiger partial charge < -0.3 is 19.5 Å². The number of amides is 1. The molecule has 1 heterocycles. The largest absolute Gasteiger partial charge is 0.497 e. The Morgan fingerprint density at radius 1 is 1.23 bits per heavy atom. The lowest BCUT2D eigenvalue weighted by molar-refractivity contribution is -0.141. The summed E-state index contributed by atoms with van der Waals surface area (Å²) >= 11 is 0. The number of carboxylic acids is 1. The summed E-state index contributed by atoms with van der Waals surface area (Å²) in [6.07, 6.45) is 1.46. The molecule has 1 aliphatic heterocycles. The second-order valence-corrected chi connectivity index (χ2v) is 5.38. The van der Waals surface area contributed by atoms with Gasteiger partial charge in [0.05, 0.1) is 20.1 Å². The van der Waals surface area contributed by atoms with Crippen molar-refractivity contribution >= 4 is 11.9 Å². The van der Waals surface area contributed by atoms with E-state index in [0.29, 0.717) is 43.9 Å². The Kier molecular flexibility index (Phi) is 5.25. The number of rotatable bonds is 6. The monoisotopic (exact) mass is 307 g/mol. The summed E-state index contributed by atoms with van der Waals surface area (Å²) in [4.78, 5) is 24.7. The Bertz CT molecular complexity index is 535. The fourth-order valence-electron chi connectivity index (χ4n) is 2.61. The second kappa shape index (κ2) is 7.15. The van der Waals surface area contributed by atoms with Gasteiger partial charge in [-0.2, -0.15) is 0 Å². The standard InChI is InChI=1S/C16H21NO5/c1-21-13-7-11(8-14(9-13)22-2)3-4-15(18)17-6-5-12(10-17)16(19)20/h7-9,12H,3-6,10H2,1-2H3,(H,19,20)/t12-/m0/s1. The summed E-state index contributed by atoms with van der Waals surface area (Å²) in [5.41, 5.74) is 0.957. The van der Waals surface area contributed by atoms with E-state index in [1.54, 1.807) is 25.2 Å². The van der Waals surface area contributed by atoms with Crippen LogP contribution in [-0.4, -0.2) is 49.2 Å². The normalized spacial score (nSPS) is 17.4. The Labute approximate surface area is 129 Å². The van der Waals surface area contributed by atoms with Crippen molar-refractivity contribution in [2.75, 3.05) is 27.3 Å². The number of carbonyl (C=O) groups excluding carboxylic acids is 1. The number of carbonyl (C=O) groups is 2. The molecule has 0 unspecified atom stereocenters. The van der Waals surface area contributed by atoms with E-state index < -0.39 is 11.9 Å². The molecule has 22 heavy (non-hydrogen) atoms. The van der Waals surface area contributed by atoms with Crippen molar-refractivity contribution in [3.63, 3.8) is 0 Å². The van der Waals surface area contributed by atoms with E-state index in [0.717, 1.165) is 5.56 Å². The smallest absolute Gasteiger partial charge is 0.308 e. The SMILES string of the molecule is COc1cc(CCC(=O)N2CC[C@H](C(=O)O)C2)cc(OC)c1. The minimum atomic E-state index is -0.826. The minimum absolute atomic E-state index is 0.00876. The molecule has 1 saturated heterocycles. The van der Waals surface area contributed by atoms with E-state index in [-0.39, 0.29) is 5.91 Å². The molecule has 0 spiro atoms. The van der Waals surface area contributed by atoms with Crippen LogP contribution in [0.5, 0.6) is 11.5 Å². The molecule has 2 rings (SSSR count). The first-order valence-corrected chi connectivity index (χ1v) is 7.26. The van der Waals surface area contributed by atoms with Crippen molar-refractivity contribution in [3.05, 3.63) is 23.8 Å². The highest BCUT2D eigenvalue weighted by Crippen LogP contribution is 2.24. The van der Waals surface area contributed by atoms with Gasteiger partial charge in [-0.1, -0.05) is 0 Å². The first-order chi connectivity index (χ1) is 10.5. The fraction of sp³-hybridized carbons (Fsp3) is 0.500. The lowest BCUT2D eigenvalue weighted by Gasteiger charge is -2.16. The van der Waals surface area contributed by atoms with Crippen LogP contribution in [0.4, 0.5) is 0 Å². The number of hydrogen-bond acceptors (Lipinski definition) is 4. The molecule has 1 atom stereocenters. The molecule has 0 aromatic heterocycles. The van der Waals surface area contributed by atoms with Crippen LogP contribution in [-0.2, 0) is 16.0 Å². The summed E-state index contributed by atoms with van der Waals surface area (Å²) < 4.78 is 10.4. The third-order valence-electron chi connectivity index (χ3n) is 3.93. The van der Waals surface area contributed by atoms with E-state index in [9.17, 15) is 9.59 Å². The molecule has 1 N–H and O–H groups in total. The Morgan fingerprint density at radius 3 is 2.36 bits per heavy atom. The summed E-state index contributed by atoms with van der Waals surface area (Å²) in [7, 11) is 3.17. The van der Waals surface area contributed by atoms with Gasteiger partial charge in [-0.05, 0) is 30.5 Å². The van der Waals surface area contributed by atoms with Crippen LogP contribution in [0.3, 0.4) is 0 Å². The van der Waals surface area contributed by atoms with E-state index >= 15 is 0 Å². The molecule has 1 aromatic carbocycles. The molecule has 0 saturated carbocycles. The van der Waals surface area contributed by atoms with Crippen molar-refractivity contribution in [3.8, 4) is 11.5 Å². The Morgan fingerprint density at radius 2 is 1.86 bits per heavy atom. The first-order valence-electron chi connectivity index (χ1n) is 7.26. The van der Waals surface area contributed by atoms with Crippen molar-refractivity contribution in [1.29, 1.82) is 0 Å². The average molecular weight is 307 g/mol. The molecule has 6 heteroatoms. The van der Waals surface area contributed by atoms with Gasteiger partial charge in [0.25, 0.3) is 0 Å². The molecule has 0 aliphatic carbocycles. The fourth-order valence-corrected chi connectivity index (χ4v) is 2.61. The molecule has 1 fully saturated rings. The molecule has 6 nitrogen and oxygen atoms in total. The van der Waals surface area contributed by atoms with Crippen LogP contribution < -0.4 is 9.47 Å².